The first-order valence-corrected chi connectivity index (χ1v) is 7.21. The van der Waals surface area contributed by atoms with Gasteiger partial charge in [0.2, 0.25) is 11.8 Å². The fourth-order valence-corrected chi connectivity index (χ4v) is 2.94. The first-order chi connectivity index (χ1) is 9.52. The number of likely N-dealkylation sites (tertiary alicyclic amines) is 1. The Morgan fingerprint density at radius 3 is 2.45 bits per heavy atom. The number of amides is 2. The molecule has 1 heterocycles. The Kier molecular flexibility index (Phi) is 3.24. The number of aryl methyl sites for hydroxylation is 2. The molecule has 2 aliphatic rings. The van der Waals surface area contributed by atoms with Crippen molar-refractivity contribution >= 4 is 17.5 Å². The van der Waals surface area contributed by atoms with Crippen molar-refractivity contribution in [1.82, 2.24) is 4.90 Å². The van der Waals surface area contributed by atoms with Gasteiger partial charge in [0, 0.05) is 24.7 Å². The lowest BCUT2D eigenvalue weighted by atomic mass is 10.1. The molecule has 0 bridgehead atoms. The minimum absolute atomic E-state index is 0.0356. The van der Waals surface area contributed by atoms with E-state index in [0.717, 1.165) is 29.7 Å². The SMILES string of the molecule is Cc1cc(C)cc(NC(=O)C2CC(=O)N(C3CC3)C2)c1. The summed E-state index contributed by atoms with van der Waals surface area (Å²) in [4.78, 5) is 26.0. The molecule has 2 fully saturated rings. The van der Waals surface area contributed by atoms with E-state index >= 15 is 0 Å². The molecule has 0 aromatic heterocycles. The van der Waals surface area contributed by atoms with Crippen LogP contribution in [0, 0.1) is 19.8 Å². The van der Waals surface area contributed by atoms with Gasteiger partial charge in [0.15, 0.2) is 0 Å². The summed E-state index contributed by atoms with van der Waals surface area (Å²) < 4.78 is 0. The fraction of sp³-hybridized carbons (Fsp3) is 0.500. The second-order valence-electron chi connectivity index (χ2n) is 6.04. The standard InChI is InChI=1S/C16H20N2O2/c1-10-5-11(2)7-13(6-10)17-16(20)12-8-15(19)18(9-12)14-3-4-14/h5-7,12,14H,3-4,8-9H2,1-2H3,(H,17,20). The van der Waals surface area contributed by atoms with E-state index in [1.165, 1.54) is 0 Å². The number of anilines is 1. The van der Waals surface area contributed by atoms with E-state index in [1.54, 1.807) is 0 Å². The Morgan fingerprint density at radius 1 is 1.20 bits per heavy atom. The number of carbonyl (C=O) groups is 2. The summed E-state index contributed by atoms with van der Waals surface area (Å²) >= 11 is 0. The number of nitrogens with one attached hydrogen (secondary N) is 1. The van der Waals surface area contributed by atoms with Crippen LogP contribution in [0.25, 0.3) is 0 Å². The second kappa shape index (κ2) is 4.93. The highest BCUT2D eigenvalue weighted by Gasteiger charge is 2.41. The maximum Gasteiger partial charge on any atom is 0.229 e. The molecule has 20 heavy (non-hydrogen) atoms. The molecule has 0 spiro atoms. The molecule has 1 unspecified atom stereocenters. The van der Waals surface area contributed by atoms with Crippen LogP contribution in [0.2, 0.25) is 0 Å². The van der Waals surface area contributed by atoms with Gasteiger partial charge in [-0.25, -0.2) is 0 Å². The predicted molar refractivity (Wildman–Crippen MR) is 77.4 cm³/mol. The summed E-state index contributed by atoms with van der Waals surface area (Å²) in [7, 11) is 0. The largest absolute Gasteiger partial charge is 0.339 e. The van der Waals surface area contributed by atoms with Crippen LogP contribution >= 0.6 is 0 Å². The van der Waals surface area contributed by atoms with E-state index in [-0.39, 0.29) is 17.7 Å². The van der Waals surface area contributed by atoms with Crippen molar-refractivity contribution in [3.8, 4) is 0 Å². The molecule has 1 aromatic rings. The average molecular weight is 272 g/mol. The predicted octanol–water partition coefficient (Wildman–Crippen LogP) is 2.25. The summed E-state index contributed by atoms with van der Waals surface area (Å²) in [6.45, 7) is 4.60. The van der Waals surface area contributed by atoms with Gasteiger partial charge in [-0.3, -0.25) is 9.59 Å². The van der Waals surface area contributed by atoms with Gasteiger partial charge in [-0.05, 0) is 49.9 Å². The molecule has 4 heteroatoms. The first kappa shape index (κ1) is 13.2. The van der Waals surface area contributed by atoms with Crippen LogP contribution in [-0.2, 0) is 9.59 Å². The third-order valence-electron chi connectivity index (χ3n) is 4.01. The molecular formula is C16H20N2O2. The Bertz CT molecular complexity index is 543. The number of nitrogens with zero attached hydrogens (tertiary/aromatic N) is 1. The van der Waals surface area contributed by atoms with Gasteiger partial charge < -0.3 is 10.2 Å². The lowest BCUT2D eigenvalue weighted by Crippen LogP contribution is -2.29. The third-order valence-corrected chi connectivity index (χ3v) is 4.01. The van der Waals surface area contributed by atoms with Crippen molar-refractivity contribution in [3.63, 3.8) is 0 Å². The van der Waals surface area contributed by atoms with Gasteiger partial charge >= 0.3 is 0 Å². The van der Waals surface area contributed by atoms with Crippen LogP contribution < -0.4 is 5.32 Å². The zero-order chi connectivity index (χ0) is 14.3. The summed E-state index contributed by atoms with van der Waals surface area (Å²) in [6.07, 6.45) is 2.54. The van der Waals surface area contributed by atoms with E-state index in [2.05, 4.69) is 11.4 Å². The monoisotopic (exact) mass is 272 g/mol. The number of carbonyl (C=O) groups excluding carboxylic acids is 2. The summed E-state index contributed by atoms with van der Waals surface area (Å²) in [5.41, 5.74) is 3.08. The zero-order valence-electron chi connectivity index (χ0n) is 12.0. The Morgan fingerprint density at radius 2 is 1.85 bits per heavy atom. The van der Waals surface area contributed by atoms with Gasteiger partial charge in [-0.2, -0.15) is 0 Å². The first-order valence-electron chi connectivity index (χ1n) is 7.21. The van der Waals surface area contributed by atoms with Crippen molar-refractivity contribution in [2.75, 3.05) is 11.9 Å². The van der Waals surface area contributed by atoms with Gasteiger partial charge in [0.1, 0.15) is 0 Å². The number of rotatable bonds is 3. The maximum atomic E-state index is 12.3. The van der Waals surface area contributed by atoms with Crippen molar-refractivity contribution in [2.45, 2.75) is 39.2 Å². The molecule has 106 valence electrons. The van der Waals surface area contributed by atoms with Gasteiger partial charge in [-0.1, -0.05) is 6.07 Å². The molecule has 2 amide bonds. The number of hydrogen-bond donors (Lipinski definition) is 1. The van der Waals surface area contributed by atoms with Crippen LogP contribution in [0.15, 0.2) is 18.2 Å². The highest BCUT2D eigenvalue weighted by atomic mass is 16.2. The van der Waals surface area contributed by atoms with Gasteiger partial charge in [0.25, 0.3) is 0 Å². The number of benzene rings is 1. The van der Waals surface area contributed by atoms with E-state index < -0.39 is 0 Å². The van der Waals surface area contributed by atoms with E-state index in [9.17, 15) is 9.59 Å². The van der Waals surface area contributed by atoms with Gasteiger partial charge in [0.05, 0.1) is 5.92 Å². The minimum atomic E-state index is -0.205. The Balaban J connectivity index is 1.66. The summed E-state index contributed by atoms with van der Waals surface area (Å²) in [5.74, 6) is -0.108. The Hall–Kier alpha value is -1.84. The van der Waals surface area contributed by atoms with Crippen LogP contribution in [0.1, 0.15) is 30.4 Å². The van der Waals surface area contributed by atoms with Crippen molar-refractivity contribution in [2.24, 2.45) is 5.92 Å². The van der Waals surface area contributed by atoms with Crippen LogP contribution in [0.3, 0.4) is 0 Å². The summed E-state index contributed by atoms with van der Waals surface area (Å²) in [6, 6.07) is 6.39. The minimum Gasteiger partial charge on any atom is -0.339 e. The topological polar surface area (TPSA) is 49.4 Å². The molecular weight excluding hydrogens is 252 g/mol. The molecule has 0 radical (unpaired) electrons. The third kappa shape index (κ3) is 2.69. The Labute approximate surface area is 119 Å². The van der Waals surface area contributed by atoms with Crippen molar-refractivity contribution in [3.05, 3.63) is 29.3 Å². The van der Waals surface area contributed by atoms with Crippen molar-refractivity contribution in [1.29, 1.82) is 0 Å². The molecule has 1 N–H and O–H groups in total. The fourth-order valence-electron chi connectivity index (χ4n) is 2.94. The zero-order valence-corrected chi connectivity index (χ0v) is 12.0. The molecule has 1 aliphatic heterocycles. The second-order valence-corrected chi connectivity index (χ2v) is 6.04. The van der Waals surface area contributed by atoms with Crippen LogP contribution in [0.5, 0.6) is 0 Å². The quantitative estimate of drug-likeness (QED) is 0.917. The molecule has 4 nitrogen and oxygen atoms in total. The molecule has 3 rings (SSSR count). The van der Waals surface area contributed by atoms with Gasteiger partial charge in [-0.15, -0.1) is 0 Å². The molecule has 1 aromatic carbocycles. The van der Waals surface area contributed by atoms with E-state index in [0.29, 0.717) is 19.0 Å². The summed E-state index contributed by atoms with van der Waals surface area (Å²) in [5, 5.41) is 2.95. The lowest BCUT2D eigenvalue weighted by molar-refractivity contribution is -0.128. The lowest BCUT2D eigenvalue weighted by Gasteiger charge is -2.15. The molecule has 1 saturated carbocycles. The van der Waals surface area contributed by atoms with E-state index in [1.807, 2.05) is 30.9 Å². The van der Waals surface area contributed by atoms with Crippen molar-refractivity contribution < 1.29 is 9.59 Å². The molecule has 1 aliphatic carbocycles. The highest BCUT2D eigenvalue weighted by Crippen LogP contribution is 2.33. The highest BCUT2D eigenvalue weighted by molar-refractivity contribution is 5.97. The molecule has 1 saturated heterocycles. The van der Waals surface area contributed by atoms with Crippen LogP contribution in [0.4, 0.5) is 5.69 Å². The maximum absolute atomic E-state index is 12.3. The normalized spacial score (nSPS) is 22.2. The number of hydrogen-bond acceptors (Lipinski definition) is 2. The smallest absolute Gasteiger partial charge is 0.229 e. The van der Waals surface area contributed by atoms with Crippen LogP contribution in [-0.4, -0.2) is 29.3 Å². The average Bonchev–Trinajstić information content (AvgIpc) is 3.11. The van der Waals surface area contributed by atoms with E-state index in [4.69, 9.17) is 0 Å². The molecule has 1 atom stereocenters.